The van der Waals surface area contributed by atoms with Gasteiger partial charge in [-0.3, -0.25) is 0 Å². The highest BCUT2D eigenvalue weighted by Crippen LogP contribution is 2.16. The van der Waals surface area contributed by atoms with E-state index in [1.54, 1.807) is 0 Å². The zero-order valence-corrected chi connectivity index (χ0v) is 9.61. The fourth-order valence-electron chi connectivity index (χ4n) is 1.24. The first-order valence-corrected chi connectivity index (χ1v) is 6.37. The third kappa shape index (κ3) is 4.20. The van der Waals surface area contributed by atoms with Gasteiger partial charge < -0.3 is 10.2 Å². The van der Waals surface area contributed by atoms with Crippen molar-refractivity contribution >= 4 is 11.8 Å². The molecular formula is C11H19NOS. The fourth-order valence-corrected chi connectivity index (χ4v) is 2.15. The molecule has 0 aromatic carbocycles. The van der Waals surface area contributed by atoms with Crippen LogP contribution in [0.4, 0.5) is 0 Å². The minimum absolute atomic E-state index is 0.500. The van der Waals surface area contributed by atoms with E-state index in [0.29, 0.717) is 6.54 Å². The molecule has 0 aliphatic rings. The van der Waals surface area contributed by atoms with Crippen molar-refractivity contribution in [2.24, 2.45) is 5.73 Å². The van der Waals surface area contributed by atoms with Gasteiger partial charge in [-0.2, -0.15) is 11.8 Å². The van der Waals surface area contributed by atoms with Crippen molar-refractivity contribution in [2.45, 2.75) is 38.5 Å². The Balaban J connectivity index is 2.12. The van der Waals surface area contributed by atoms with Gasteiger partial charge in [0.15, 0.2) is 0 Å². The van der Waals surface area contributed by atoms with Crippen LogP contribution in [0, 0.1) is 0 Å². The lowest BCUT2D eigenvalue weighted by molar-refractivity contribution is 0.482. The summed E-state index contributed by atoms with van der Waals surface area (Å²) in [6.07, 6.45) is 3.93. The second-order valence-electron chi connectivity index (χ2n) is 3.33. The van der Waals surface area contributed by atoms with Crippen molar-refractivity contribution in [3.8, 4) is 0 Å². The van der Waals surface area contributed by atoms with Crippen molar-refractivity contribution in [1.82, 2.24) is 0 Å². The van der Waals surface area contributed by atoms with Crippen LogP contribution in [0.25, 0.3) is 0 Å². The molecule has 1 aromatic heterocycles. The Morgan fingerprint density at radius 2 is 2.07 bits per heavy atom. The predicted molar refractivity (Wildman–Crippen MR) is 62.3 cm³/mol. The third-order valence-corrected chi connectivity index (χ3v) is 3.12. The highest BCUT2D eigenvalue weighted by molar-refractivity contribution is 7.98. The Kier molecular flexibility index (Phi) is 5.80. The van der Waals surface area contributed by atoms with E-state index in [2.05, 4.69) is 6.92 Å². The molecule has 0 spiro atoms. The molecule has 1 rings (SSSR count). The molecule has 3 heteroatoms. The normalized spacial score (nSPS) is 10.7. The second-order valence-corrected chi connectivity index (χ2v) is 4.44. The summed E-state index contributed by atoms with van der Waals surface area (Å²) in [6.45, 7) is 2.73. The first-order chi connectivity index (χ1) is 6.86. The summed E-state index contributed by atoms with van der Waals surface area (Å²) < 4.78 is 5.49. The van der Waals surface area contributed by atoms with Crippen LogP contribution in [0.3, 0.4) is 0 Å². The SMILES string of the molecule is CCCCCSCc1ccc(CN)o1. The van der Waals surface area contributed by atoms with Crippen molar-refractivity contribution in [1.29, 1.82) is 0 Å². The van der Waals surface area contributed by atoms with Crippen LogP contribution in [-0.2, 0) is 12.3 Å². The maximum atomic E-state index is 5.49. The summed E-state index contributed by atoms with van der Waals surface area (Å²) in [6, 6.07) is 3.98. The molecule has 0 radical (unpaired) electrons. The molecule has 0 fully saturated rings. The van der Waals surface area contributed by atoms with Crippen molar-refractivity contribution in [3.63, 3.8) is 0 Å². The van der Waals surface area contributed by atoms with E-state index in [1.807, 2.05) is 23.9 Å². The van der Waals surface area contributed by atoms with Crippen LogP contribution in [0.15, 0.2) is 16.5 Å². The molecule has 2 N–H and O–H groups in total. The van der Waals surface area contributed by atoms with Gasteiger partial charge in [-0.25, -0.2) is 0 Å². The lowest BCUT2D eigenvalue weighted by Gasteiger charge is -1.98. The first kappa shape index (κ1) is 11.7. The molecule has 0 aliphatic carbocycles. The molecule has 1 aromatic rings. The number of hydrogen-bond donors (Lipinski definition) is 1. The first-order valence-electron chi connectivity index (χ1n) is 5.22. The largest absolute Gasteiger partial charge is 0.464 e. The highest BCUT2D eigenvalue weighted by atomic mass is 32.2. The van der Waals surface area contributed by atoms with Crippen LogP contribution >= 0.6 is 11.8 Å². The molecular weight excluding hydrogens is 194 g/mol. The highest BCUT2D eigenvalue weighted by Gasteiger charge is 1.99. The van der Waals surface area contributed by atoms with E-state index in [1.165, 1.54) is 25.0 Å². The zero-order chi connectivity index (χ0) is 10.2. The van der Waals surface area contributed by atoms with Gasteiger partial charge in [-0.1, -0.05) is 19.8 Å². The number of rotatable bonds is 7. The molecule has 0 unspecified atom stereocenters. The summed E-state index contributed by atoms with van der Waals surface area (Å²) in [5.74, 6) is 4.14. The molecule has 14 heavy (non-hydrogen) atoms. The summed E-state index contributed by atoms with van der Waals surface area (Å²) in [7, 11) is 0. The lowest BCUT2D eigenvalue weighted by atomic mass is 10.3. The van der Waals surface area contributed by atoms with E-state index >= 15 is 0 Å². The Morgan fingerprint density at radius 1 is 1.29 bits per heavy atom. The van der Waals surface area contributed by atoms with Gasteiger partial charge in [-0.05, 0) is 24.3 Å². The topological polar surface area (TPSA) is 39.2 Å². The van der Waals surface area contributed by atoms with Crippen LogP contribution in [-0.4, -0.2) is 5.75 Å². The molecule has 2 nitrogen and oxygen atoms in total. The van der Waals surface area contributed by atoms with Gasteiger partial charge in [0, 0.05) is 0 Å². The summed E-state index contributed by atoms with van der Waals surface area (Å²) in [5.41, 5.74) is 5.46. The molecule has 0 atom stereocenters. The minimum Gasteiger partial charge on any atom is -0.464 e. The lowest BCUT2D eigenvalue weighted by Crippen LogP contribution is -1.92. The number of unbranched alkanes of at least 4 members (excludes halogenated alkanes) is 2. The van der Waals surface area contributed by atoms with Crippen LogP contribution in [0.1, 0.15) is 37.7 Å². The Morgan fingerprint density at radius 3 is 2.71 bits per heavy atom. The smallest absolute Gasteiger partial charge is 0.117 e. The van der Waals surface area contributed by atoms with Gasteiger partial charge >= 0.3 is 0 Å². The van der Waals surface area contributed by atoms with E-state index in [-0.39, 0.29) is 0 Å². The third-order valence-electron chi connectivity index (χ3n) is 2.06. The molecule has 0 aliphatic heterocycles. The monoisotopic (exact) mass is 213 g/mol. The Hall–Kier alpha value is -0.410. The molecule has 1 heterocycles. The number of thioether (sulfide) groups is 1. The van der Waals surface area contributed by atoms with Gasteiger partial charge in [0.25, 0.3) is 0 Å². The average Bonchev–Trinajstić information content (AvgIpc) is 2.65. The number of hydrogen-bond acceptors (Lipinski definition) is 3. The molecule has 0 amide bonds. The number of furan rings is 1. The van der Waals surface area contributed by atoms with Gasteiger partial charge in [-0.15, -0.1) is 0 Å². The molecule has 0 bridgehead atoms. The summed E-state index contributed by atoms with van der Waals surface area (Å²) in [5, 5.41) is 0. The maximum absolute atomic E-state index is 5.49. The van der Waals surface area contributed by atoms with Crippen molar-refractivity contribution < 1.29 is 4.42 Å². The summed E-state index contributed by atoms with van der Waals surface area (Å²) in [4.78, 5) is 0. The van der Waals surface area contributed by atoms with E-state index in [0.717, 1.165) is 17.3 Å². The molecule has 0 saturated carbocycles. The van der Waals surface area contributed by atoms with E-state index in [9.17, 15) is 0 Å². The number of nitrogens with two attached hydrogens (primary N) is 1. The standard InChI is InChI=1S/C11H19NOS/c1-2-3-4-7-14-9-11-6-5-10(8-12)13-11/h5-6H,2-4,7-9,12H2,1H3. The van der Waals surface area contributed by atoms with E-state index < -0.39 is 0 Å². The van der Waals surface area contributed by atoms with Gasteiger partial charge in [0.05, 0.1) is 12.3 Å². The zero-order valence-electron chi connectivity index (χ0n) is 8.79. The second kappa shape index (κ2) is 6.96. The van der Waals surface area contributed by atoms with E-state index in [4.69, 9.17) is 10.2 Å². The average molecular weight is 213 g/mol. The maximum Gasteiger partial charge on any atom is 0.117 e. The fraction of sp³-hybridized carbons (Fsp3) is 0.636. The Labute approximate surface area is 90.2 Å². The van der Waals surface area contributed by atoms with Gasteiger partial charge in [0.2, 0.25) is 0 Å². The van der Waals surface area contributed by atoms with Crippen molar-refractivity contribution in [3.05, 3.63) is 23.7 Å². The van der Waals surface area contributed by atoms with Crippen LogP contribution in [0.2, 0.25) is 0 Å². The predicted octanol–water partition coefficient (Wildman–Crippen LogP) is 3.16. The summed E-state index contributed by atoms with van der Waals surface area (Å²) >= 11 is 1.94. The molecule has 0 saturated heterocycles. The minimum atomic E-state index is 0.500. The molecule has 80 valence electrons. The van der Waals surface area contributed by atoms with Gasteiger partial charge in [0.1, 0.15) is 11.5 Å². The van der Waals surface area contributed by atoms with Crippen LogP contribution in [0.5, 0.6) is 0 Å². The van der Waals surface area contributed by atoms with Crippen molar-refractivity contribution in [2.75, 3.05) is 5.75 Å². The van der Waals surface area contributed by atoms with Crippen LogP contribution < -0.4 is 5.73 Å². The quantitative estimate of drug-likeness (QED) is 0.707. The Bertz CT molecular complexity index is 247.